The largest absolute Gasteiger partial charge is 0.372 e. The van der Waals surface area contributed by atoms with Crippen molar-refractivity contribution in [1.82, 2.24) is 10.2 Å². The molecule has 144 valence electrons. The summed E-state index contributed by atoms with van der Waals surface area (Å²) in [5.74, 6) is 2.24. The fraction of sp³-hybridized carbons (Fsp3) is 0.947. The van der Waals surface area contributed by atoms with E-state index in [4.69, 9.17) is 9.47 Å². The lowest BCUT2D eigenvalue weighted by atomic mass is 9.73. The van der Waals surface area contributed by atoms with Crippen molar-refractivity contribution in [3.8, 4) is 0 Å². The molecule has 2 bridgehead atoms. The Labute approximate surface area is 156 Å². The van der Waals surface area contributed by atoms with Crippen LogP contribution in [0.25, 0.3) is 0 Å². The molecule has 0 aliphatic carbocycles. The first-order valence-corrected chi connectivity index (χ1v) is 10.9. The first-order chi connectivity index (χ1) is 12.0. The lowest BCUT2D eigenvalue weighted by Crippen LogP contribution is -2.42. The van der Waals surface area contributed by atoms with Gasteiger partial charge in [0.05, 0.1) is 11.7 Å². The minimum absolute atomic E-state index is 0.00783. The third-order valence-corrected chi connectivity index (χ3v) is 6.91. The number of rotatable bonds is 10. The molecule has 25 heavy (non-hydrogen) atoms. The van der Waals surface area contributed by atoms with Gasteiger partial charge in [0.2, 0.25) is 5.91 Å². The number of amides is 1. The van der Waals surface area contributed by atoms with Crippen LogP contribution in [0.4, 0.5) is 0 Å². The fourth-order valence-corrected chi connectivity index (χ4v) is 5.57. The van der Waals surface area contributed by atoms with Crippen molar-refractivity contribution in [2.24, 2.45) is 11.8 Å². The predicted molar refractivity (Wildman–Crippen MR) is 102 cm³/mol. The van der Waals surface area contributed by atoms with Crippen molar-refractivity contribution < 1.29 is 14.3 Å². The van der Waals surface area contributed by atoms with Gasteiger partial charge in [0.15, 0.2) is 0 Å². The van der Waals surface area contributed by atoms with Gasteiger partial charge in [0.1, 0.15) is 6.61 Å². The van der Waals surface area contributed by atoms with Crippen LogP contribution in [0.15, 0.2) is 0 Å². The maximum atomic E-state index is 12.0. The van der Waals surface area contributed by atoms with E-state index in [1.54, 1.807) is 0 Å². The average Bonchev–Trinajstić information content (AvgIpc) is 3.20. The number of carbonyl (C=O) groups excluding carboxylic acids is 1. The molecule has 3 heterocycles. The van der Waals surface area contributed by atoms with Crippen LogP contribution < -0.4 is 5.32 Å². The van der Waals surface area contributed by atoms with Gasteiger partial charge in [-0.25, -0.2) is 0 Å². The molecule has 4 atom stereocenters. The van der Waals surface area contributed by atoms with Crippen LogP contribution >= 0.6 is 11.8 Å². The zero-order valence-electron chi connectivity index (χ0n) is 16.0. The van der Waals surface area contributed by atoms with Crippen LogP contribution in [0.1, 0.15) is 40.0 Å². The quantitative estimate of drug-likeness (QED) is 0.597. The number of nitrogens with zero attached hydrogens (tertiary/aromatic N) is 1. The van der Waals surface area contributed by atoms with Crippen LogP contribution in [0, 0.1) is 11.8 Å². The van der Waals surface area contributed by atoms with Gasteiger partial charge >= 0.3 is 0 Å². The smallest absolute Gasteiger partial charge is 0.246 e. The standard InChI is InChI=1S/C19H34N2O3S/c1-4-8-23-12-18(22)20-10-15-16-11-21(7-9-25-14(2)3)13-19(16)6-5-17(15)24-19/h14-17H,4-13H2,1-3H3,(H,20,22)/t15-,16+,17+,19+/m0/s1. The van der Waals surface area contributed by atoms with E-state index in [0.717, 1.165) is 39.0 Å². The van der Waals surface area contributed by atoms with Gasteiger partial charge < -0.3 is 14.8 Å². The van der Waals surface area contributed by atoms with Crippen molar-refractivity contribution in [2.45, 2.75) is 57.0 Å². The summed E-state index contributed by atoms with van der Waals surface area (Å²) in [5.41, 5.74) is 0.0707. The zero-order valence-corrected chi connectivity index (χ0v) is 16.8. The highest BCUT2D eigenvalue weighted by atomic mass is 32.2. The van der Waals surface area contributed by atoms with E-state index in [9.17, 15) is 4.79 Å². The number of thioether (sulfide) groups is 1. The zero-order chi connectivity index (χ0) is 17.9. The Morgan fingerprint density at radius 2 is 2.32 bits per heavy atom. The summed E-state index contributed by atoms with van der Waals surface area (Å²) in [6.45, 7) is 11.5. The van der Waals surface area contributed by atoms with E-state index in [-0.39, 0.29) is 18.1 Å². The van der Waals surface area contributed by atoms with Crippen LogP contribution in [0.2, 0.25) is 0 Å². The molecular weight excluding hydrogens is 336 g/mol. The second-order valence-electron chi connectivity index (χ2n) is 8.04. The fourth-order valence-electron chi connectivity index (χ4n) is 4.74. The van der Waals surface area contributed by atoms with E-state index in [1.807, 2.05) is 11.8 Å². The molecular formula is C19H34N2O3S. The normalized spacial score (nSPS) is 34.0. The first-order valence-electron chi connectivity index (χ1n) is 9.90. The molecule has 0 saturated carbocycles. The van der Waals surface area contributed by atoms with Gasteiger partial charge in [0.25, 0.3) is 0 Å². The van der Waals surface area contributed by atoms with Crippen LogP contribution in [0.3, 0.4) is 0 Å². The highest BCUT2D eigenvalue weighted by Gasteiger charge is 2.62. The molecule has 0 aromatic carbocycles. The summed E-state index contributed by atoms with van der Waals surface area (Å²) in [7, 11) is 0. The Kier molecular flexibility index (Phi) is 6.69. The van der Waals surface area contributed by atoms with Gasteiger partial charge in [0, 0.05) is 50.4 Å². The number of carbonyl (C=O) groups is 1. The van der Waals surface area contributed by atoms with Gasteiger partial charge in [-0.2, -0.15) is 11.8 Å². The Morgan fingerprint density at radius 3 is 3.08 bits per heavy atom. The van der Waals surface area contributed by atoms with Gasteiger partial charge in [-0.15, -0.1) is 0 Å². The van der Waals surface area contributed by atoms with Crippen molar-refractivity contribution in [3.63, 3.8) is 0 Å². The molecule has 0 aromatic heterocycles. The minimum atomic E-state index is 0.00783. The molecule has 3 rings (SSSR count). The summed E-state index contributed by atoms with van der Waals surface area (Å²) in [6, 6.07) is 0. The highest BCUT2D eigenvalue weighted by molar-refractivity contribution is 7.99. The van der Waals surface area contributed by atoms with Crippen LogP contribution in [-0.4, -0.2) is 72.9 Å². The van der Waals surface area contributed by atoms with E-state index in [1.165, 1.54) is 12.2 Å². The van der Waals surface area contributed by atoms with Crippen molar-refractivity contribution in [1.29, 1.82) is 0 Å². The maximum absolute atomic E-state index is 12.0. The number of likely N-dealkylation sites (tertiary alicyclic amines) is 1. The molecule has 1 spiro atoms. The first kappa shape index (κ1) is 19.5. The number of fused-ring (bicyclic) bond motifs is 1. The molecule has 0 aromatic rings. The molecule has 1 N–H and O–H groups in total. The van der Waals surface area contributed by atoms with Crippen molar-refractivity contribution >= 4 is 17.7 Å². The van der Waals surface area contributed by atoms with Crippen LogP contribution in [0.5, 0.6) is 0 Å². The Hall–Kier alpha value is -0.300. The third-order valence-electron chi connectivity index (χ3n) is 5.83. The second-order valence-corrected chi connectivity index (χ2v) is 9.73. The summed E-state index contributed by atoms with van der Waals surface area (Å²) < 4.78 is 11.8. The van der Waals surface area contributed by atoms with Gasteiger partial charge in [-0.05, 0) is 24.5 Å². The molecule has 3 aliphatic rings. The second kappa shape index (κ2) is 8.59. The van der Waals surface area contributed by atoms with Crippen molar-refractivity contribution in [3.05, 3.63) is 0 Å². The lowest BCUT2D eigenvalue weighted by molar-refractivity contribution is -0.126. The molecule has 3 fully saturated rings. The SMILES string of the molecule is CCCOCC(=O)NC[C@H]1[C@H]2CN(CCSC(C)C)C[C@]23CC[C@H]1O3. The molecule has 3 saturated heterocycles. The predicted octanol–water partition coefficient (Wildman–Crippen LogP) is 2.15. The Balaban J connectivity index is 1.47. The van der Waals surface area contributed by atoms with Gasteiger partial charge in [-0.1, -0.05) is 20.8 Å². The molecule has 5 nitrogen and oxygen atoms in total. The van der Waals surface area contributed by atoms with E-state index in [0.29, 0.717) is 29.8 Å². The lowest BCUT2D eigenvalue weighted by Gasteiger charge is -2.29. The van der Waals surface area contributed by atoms with E-state index in [2.05, 4.69) is 31.0 Å². The molecule has 6 heteroatoms. The van der Waals surface area contributed by atoms with Crippen molar-refractivity contribution in [2.75, 3.05) is 45.1 Å². The van der Waals surface area contributed by atoms with E-state index < -0.39 is 0 Å². The van der Waals surface area contributed by atoms with Gasteiger partial charge in [-0.3, -0.25) is 9.69 Å². The number of ether oxygens (including phenoxy) is 2. The van der Waals surface area contributed by atoms with E-state index >= 15 is 0 Å². The summed E-state index contributed by atoms with van der Waals surface area (Å²) in [4.78, 5) is 14.5. The third kappa shape index (κ3) is 4.52. The topological polar surface area (TPSA) is 50.8 Å². The summed E-state index contributed by atoms with van der Waals surface area (Å²) in [6.07, 6.45) is 3.63. The number of hydrogen-bond acceptors (Lipinski definition) is 5. The molecule has 0 radical (unpaired) electrons. The molecule has 0 unspecified atom stereocenters. The maximum Gasteiger partial charge on any atom is 0.246 e. The summed E-state index contributed by atoms with van der Waals surface area (Å²) >= 11 is 2.03. The van der Waals surface area contributed by atoms with Crippen LogP contribution in [-0.2, 0) is 14.3 Å². The highest BCUT2D eigenvalue weighted by Crippen LogP contribution is 2.54. The average molecular weight is 371 g/mol. The molecule has 1 amide bonds. The number of nitrogens with one attached hydrogen (secondary N) is 1. The summed E-state index contributed by atoms with van der Waals surface area (Å²) in [5, 5.41) is 3.78. The monoisotopic (exact) mass is 370 g/mol. The Bertz CT molecular complexity index is 462. The minimum Gasteiger partial charge on any atom is -0.372 e. The number of hydrogen-bond donors (Lipinski definition) is 1. The Morgan fingerprint density at radius 1 is 1.48 bits per heavy atom. The molecule has 3 aliphatic heterocycles.